The molecule has 0 spiro atoms. The number of nitrogen functional groups attached to an aromatic ring is 1. The minimum Gasteiger partial charge on any atom is -0.413 e. The number of pyridine rings is 2. The highest BCUT2D eigenvalue weighted by Gasteiger charge is 2.37. The molecule has 2 N–H and O–H groups in total. The highest BCUT2D eigenvalue weighted by atomic mass is 28.4. The lowest BCUT2D eigenvalue weighted by atomic mass is 10.1. The quantitative estimate of drug-likeness (QED) is 0.233. The summed E-state index contributed by atoms with van der Waals surface area (Å²) in [5.74, 6) is 1.15. The van der Waals surface area contributed by atoms with Gasteiger partial charge in [-0.05, 0) is 67.0 Å². The summed E-state index contributed by atoms with van der Waals surface area (Å²) >= 11 is 0. The van der Waals surface area contributed by atoms with Crippen LogP contribution in [0.4, 0.5) is 5.82 Å². The fraction of sp³-hybridized carbons (Fsp3) is 0.258. The fourth-order valence-electron chi connectivity index (χ4n) is 4.10. The molecule has 0 radical (unpaired) electrons. The van der Waals surface area contributed by atoms with Gasteiger partial charge < -0.3 is 10.2 Å². The normalized spacial score (nSPS) is 12.3. The van der Waals surface area contributed by atoms with Gasteiger partial charge in [-0.15, -0.1) is 0 Å². The Morgan fingerprint density at radius 1 is 0.895 bits per heavy atom. The molecule has 3 aromatic heterocycles. The maximum atomic E-state index is 6.45. The maximum absolute atomic E-state index is 6.45. The number of aryl methyl sites for hydroxylation is 1. The van der Waals surface area contributed by atoms with Gasteiger partial charge in [-0.3, -0.25) is 4.57 Å². The Hall–Kier alpha value is -3.81. The lowest BCUT2D eigenvalue weighted by molar-refractivity contribution is 0.276. The molecule has 0 bridgehead atoms. The Morgan fingerprint density at radius 3 is 2.26 bits per heavy atom. The van der Waals surface area contributed by atoms with Crippen molar-refractivity contribution in [2.75, 3.05) is 5.73 Å². The molecular weight excluding hydrogens is 486 g/mol. The molecule has 0 aliphatic rings. The third kappa shape index (κ3) is 4.99. The minimum atomic E-state index is -1.84. The van der Waals surface area contributed by atoms with Crippen molar-refractivity contribution in [2.45, 2.75) is 52.4 Å². The Labute approximate surface area is 225 Å². The van der Waals surface area contributed by atoms with Crippen LogP contribution in [0.2, 0.25) is 18.1 Å². The Kier molecular flexibility index (Phi) is 6.67. The van der Waals surface area contributed by atoms with E-state index in [-0.39, 0.29) is 5.04 Å². The number of imidazole rings is 1. The molecule has 0 amide bonds. The second-order valence-corrected chi connectivity index (χ2v) is 16.1. The number of aromatic nitrogens is 4. The zero-order valence-corrected chi connectivity index (χ0v) is 24.0. The highest BCUT2D eigenvalue weighted by Crippen LogP contribution is 2.37. The van der Waals surface area contributed by atoms with Gasteiger partial charge in [-0.2, -0.15) is 0 Å². The first-order valence-corrected chi connectivity index (χ1v) is 15.8. The number of hydrogen-bond donors (Lipinski definition) is 1. The third-order valence-corrected chi connectivity index (χ3v) is 12.0. The molecule has 6 nitrogen and oxygen atoms in total. The van der Waals surface area contributed by atoms with Gasteiger partial charge in [-0.1, -0.05) is 62.7 Å². The molecule has 0 fully saturated rings. The number of hydrogen-bond acceptors (Lipinski definition) is 5. The first-order valence-electron chi connectivity index (χ1n) is 12.9. The van der Waals surface area contributed by atoms with Gasteiger partial charge in [0.25, 0.3) is 0 Å². The standard InChI is InChI=1S/C31H35N5OSi/c1-21-9-13-23(14-10-21)26-17-18-27-30(34-26)36(29(35-27)25-8-7-19-33-28(25)32)24-15-11-22(12-16-24)20-37-38(5,6)31(2,3)4/h7-19H,20H2,1-6H3,(H2,32,33). The predicted octanol–water partition coefficient (Wildman–Crippen LogP) is 7.56. The van der Waals surface area contributed by atoms with E-state index < -0.39 is 8.32 Å². The maximum Gasteiger partial charge on any atom is 0.192 e. The third-order valence-electron chi connectivity index (χ3n) is 7.53. The zero-order valence-electron chi connectivity index (χ0n) is 23.0. The summed E-state index contributed by atoms with van der Waals surface area (Å²) in [4.78, 5) is 14.3. The van der Waals surface area contributed by atoms with E-state index in [1.807, 2.05) is 24.3 Å². The molecule has 3 heterocycles. The lowest BCUT2D eigenvalue weighted by Crippen LogP contribution is -2.40. The summed E-state index contributed by atoms with van der Waals surface area (Å²) in [5, 5.41) is 0.169. The molecular formula is C31H35N5OSi. The van der Waals surface area contributed by atoms with E-state index in [0.29, 0.717) is 18.2 Å². The van der Waals surface area contributed by atoms with E-state index in [1.54, 1.807) is 6.20 Å². The van der Waals surface area contributed by atoms with Gasteiger partial charge in [0.2, 0.25) is 0 Å². The van der Waals surface area contributed by atoms with Crippen LogP contribution in [-0.2, 0) is 11.0 Å². The van der Waals surface area contributed by atoms with E-state index in [1.165, 1.54) is 5.56 Å². The summed E-state index contributed by atoms with van der Waals surface area (Å²) in [5.41, 5.74) is 13.9. The first-order chi connectivity index (χ1) is 18.0. The van der Waals surface area contributed by atoms with Crippen molar-refractivity contribution < 1.29 is 4.43 Å². The molecule has 38 heavy (non-hydrogen) atoms. The van der Waals surface area contributed by atoms with Gasteiger partial charge in [0, 0.05) is 17.4 Å². The summed E-state index contributed by atoms with van der Waals surface area (Å²) in [6.45, 7) is 14.0. The number of fused-ring (bicyclic) bond motifs is 1. The molecule has 0 saturated heterocycles. The Morgan fingerprint density at radius 2 is 1.61 bits per heavy atom. The van der Waals surface area contributed by atoms with E-state index in [9.17, 15) is 0 Å². The van der Waals surface area contributed by atoms with Crippen molar-refractivity contribution >= 4 is 25.3 Å². The molecule has 7 heteroatoms. The van der Waals surface area contributed by atoms with Crippen LogP contribution in [-0.4, -0.2) is 27.8 Å². The van der Waals surface area contributed by atoms with Crippen LogP contribution in [0.5, 0.6) is 0 Å². The molecule has 194 valence electrons. The second-order valence-electron chi connectivity index (χ2n) is 11.3. The van der Waals surface area contributed by atoms with Crippen LogP contribution < -0.4 is 5.73 Å². The van der Waals surface area contributed by atoms with Crippen LogP contribution in [0.15, 0.2) is 79.0 Å². The van der Waals surface area contributed by atoms with Crippen LogP contribution in [0.3, 0.4) is 0 Å². The Balaban J connectivity index is 1.59. The van der Waals surface area contributed by atoms with Crippen molar-refractivity contribution in [1.29, 1.82) is 0 Å². The summed E-state index contributed by atoms with van der Waals surface area (Å²) in [6.07, 6.45) is 1.69. The van der Waals surface area contributed by atoms with Gasteiger partial charge in [0.05, 0.1) is 17.9 Å². The zero-order chi connectivity index (χ0) is 27.1. The number of anilines is 1. The predicted molar refractivity (Wildman–Crippen MR) is 159 cm³/mol. The lowest BCUT2D eigenvalue weighted by Gasteiger charge is -2.36. The molecule has 5 rings (SSSR count). The van der Waals surface area contributed by atoms with Crippen molar-refractivity contribution in [3.8, 4) is 28.3 Å². The smallest absolute Gasteiger partial charge is 0.192 e. The number of benzene rings is 2. The van der Waals surface area contributed by atoms with Crippen molar-refractivity contribution in [1.82, 2.24) is 19.5 Å². The molecule has 0 unspecified atom stereocenters. The van der Waals surface area contributed by atoms with E-state index in [4.69, 9.17) is 20.1 Å². The number of nitrogens with zero attached hydrogens (tertiary/aromatic N) is 4. The van der Waals surface area contributed by atoms with Gasteiger partial charge in [0.15, 0.2) is 19.8 Å². The number of rotatable bonds is 6. The average molecular weight is 522 g/mol. The van der Waals surface area contributed by atoms with Crippen LogP contribution in [0.25, 0.3) is 39.5 Å². The van der Waals surface area contributed by atoms with E-state index >= 15 is 0 Å². The minimum absolute atomic E-state index is 0.169. The van der Waals surface area contributed by atoms with Gasteiger partial charge in [0.1, 0.15) is 11.3 Å². The summed E-state index contributed by atoms with van der Waals surface area (Å²) < 4.78 is 8.51. The summed E-state index contributed by atoms with van der Waals surface area (Å²) in [6, 6.07) is 24.7. The fourth-order valence-corrected chi connectivity index (χ4v) is 5.06. The monoisotopic (exact) mass is 521 g/mol. The molecule has 0 aliphatic heterocycles. The van der Waals surface area contributed by atoms with E-state index in [2.05, 4.69) is 98.9 Å². The van der Waals surface area contributed by atoms with Crippen molar-refractivity contribution in [2.24, 2.45) is 0 Å². The first kappa shape index (κ1) is 25.8. The SMILES string of the molecule is Cc1ccc(-c2ccc3nc(-c4cccnc4N)n(-c4ccc(CO[Si](C)(C)C(C)(C)C)cc4)c3n2)cc1. The molecule has 0 saturated carbocycles. The second kappa shape index (κ2) is 9.81. The van der Waals surface area contributed by atoms with Crippen LogP contribution >= 0.6 is 0 Å². The highest BCUT2D eigenvalue weighted by molar-refractivity contribution is 6.74. The molecule has 5 aromatic rings. The number of nitrogens with two attached hydrogens (primary N) is 1. The van der Waals surface area contributed by atoms with Crippen LogP contribution in [0, 0.1) is 6.92 Å². The Bertz CT molecular complexity index is 1580. The van der Waals surface area contributed by atoms with Gasteiger partial charge >= 0.3 is 0 Å². The van der Waals surface area contributed by atoms with Gasteiger partial charge in [-0.25, -0.2) is 15.0 Å². The van der Waals surface area contributed by atoms with Crippen molar-refractivity contribution in [3.63, 3.8) is 0 Å². The molecule has 0 atom stereocenters. The summed E-state index contributed by atoms with van der Waals surface area (Å²) in [7, 11) is -1.84. The van der Waals surface area contributed by atoms with Crippen LogP contribution in [0.1, 0.15) is 31.9 Å². The largest absolute Gasteiger partial charge is 0.413 e. The van der Waals surface area contributed by atoms with Crippen molar-refractivity contribution in [3.05, 3.63) is 90.1 Å². The molecule has 0 aliphatic carbocycles. The van der Waals surface area contributed by atoms with E-state index in [0.717, 1.165) is 39.2 Å². The topological polar surface area (TPSA) is 78.8 Å². The average Bonchev–Trinajstić information content (AvgIpc) is 3.26. The molecule has 2 aromatic carbocycles.